The molecule has 0 aliphatic carbocycles. The second kappa shape index (κ2) is 9.27. The van der Waals surface area contributed by atoms with Crippen LogP contribution in [0.25, 0.3) is 10.6 Å². The van der Waals surface area contributed by atoms with Crippen LogP contribution in [0.3, 0.4) is 0 Å². The fraction of sp³-hybridized carbons (Fsp3) is 0.640. The van der Waals surface area contributed by atoms with E-state index in [-0.39, 0.29) is 36.4 Å². The molecule has 4 aliphatic rings. The molecule has 6 heterocycles. The Morgan fingerprint density at radius 1 is 1.14 bits per heavy atom. The van der Waals surface area contributed by atoms with Gasteiger partial charge < -0.3 is 14.1 Å². The number of hydrogen-bond donors (Lipinski definition) is 1. The van der Waals surface area contributed by atoms with Gasteiger partial charge in [-0.05, 0) is 31.5 Å². The summed E-state index contributed by atoms with van der Waals surface area (Å²) in [7, 11) is 0. The fourth-order valence-electron chi connectivity index (χ4n) is 7.17. The number of hydrogen-bond acceptors (Lipinski definition) is 7. The van der Waals surface area contributed by atoms with Gasteiger partial charge in [-0.25, -0.2) is 0 Å². The Morgan fingerprint density at radius 2 is 1.94 bits per heavy atom. The molecule has 0 radical (unpaired) electrons. The van der Waals surface area contributed by atoms with Gasteiger partial charge in [0.25, 0.3) is 0 Å². The third-order valence-corrected chi connectivity index (χ3v) is 9.94. The van der Waals surface area contributed by atoms with Gasteiger partial charge in [-0.15, -0.1) is 11.3 Å². The van der Waals surface area contributed by atoms with Crippen LogP contribution in [0.5, 0.6) is 0 Å². The maximum Gasteiger partial charge on any atom is 0.235 e. The summed E-state index contributed by atoms with van der Waals surface area (Å²) in [6, 6.07) is 5.52. The van der Waals surface area contributed by atoms with Crippen LogP contribution in [0.2, 0.25) is 4.34 Å². The van der Waals surface area contributed by atoms with Crippen LogP contribution >= 0.6 is 22.9 Å². The normalized spacial score (nSPS) is 29.9. The van der Waals surface area contributed by atoms with Crippen LogP contribution in [-0.4, -0.2) is 88.3 Å². The minimum atomic E-state index is -0.398. The Morgan fingerprint density at radius 3 is 2.69 bits per heavy atom. The van der Waals surface area contributed by atoms with Crippen molar-refractivity contribution in [3.8, 4) is 10.6 Å². The van der Waals surface area contributed by atoms with Crippen molar-refractivity contribution in [2.75, 3.05) is 45.9 Å². The zero-order valence-electron chi connectivity index (χ0n) is 19.8. The smallest absolute Gasteiger partial charge is 0.235 e. The fourth-order valence-corrected chi connectivity index (χ4v) is 8.16. The van der Waals surface area contributed by atoms with Crippen molar-refractivity contribution in [2.45, 2.75) is 44.2 Å². The number of fused-ring (bicyclic) bond motifs is 3. The monoisotopic (exact) mass is 519 g/mol. The van der Waals surface area contributed by atoms with Gasteiger partial charge in [-0.3, -0.25) is 19.4 Å². The number of thiophene rings is 1. The average Bonchev–Trinajstić information content (AvgIpc) is 3.65. The number of amides is 2. The molecule has 0 saturated carbocycles. The molecule has 188 valence electrons. The Balaban J connectivity index is 1.21. The standard InChI is InChI=1S/C25H32ClN4O4S/c26-20-7-6-19(35-20)18-15-16(27-34-18)23-22-21(17-5-3-8-28(17)23)24(32)29(25(22)33)9-4-12-30(13-14-31)10-1-2-11-30/h6-7,15,17,21-23,31H,1-5,8-14H2/q+1/t17-,21-,22-,23-/m1/s1. The summed E-state index contributed by atoms with van der Waals surface area (Å²) in [5, 5.41) is 13.9. The van der Waals surface area contributed by atoms with E-state index in [1.165, 1.54) is 29.1 Å². The van der Waals surface area contributed by atoms with E-state index in [4.69, 9.17) is 16.1 Å². The number of aliphatic hydroxyl groups excluding tert-OH is 1. The first-order valence-corrected chi connectivity index (χ1v) is 14.0. The van der Waals surface area contributed by atoms with E-state index in [1.807, 2.05) is 18.2 Å². The first-order chi connectivity index (χ1) is 17.0. The lowest BCUT2D eigenvalue weighted by atomic mass is 9.86. The second-order valence-electron chi connectivity index (χ2n) is 10.5. The van der Waals surface area contributed by atoms with Crippen molar-refractivity contribution in [2.24, 2.45) is 11.8 Å². The molecule has 35 heavy (non-hydrogen) atoms. The Bertz CT molecular complexity index is 1110. The zero-order chi connectivity index (χ0) is 24.2. The summed E-state index contributed by atoms with van der Waals surface area (Å²) in [4.78, 5) is 32.0. The van der Waals surface area contributed by atoms with E-state index in [0.717, 1.165) is 67.0 Å². The van der Waals surface area contributed by atoms with Crippen molar-refractivity contribution < 1.29 is 23.7 Å². The lowest BCUT2D eigenvalue weighted by Crippen LogP contribution is -2.49. The lowest BCUT2D eigenvalue weighted by molar-refractivity contribution is -0.917. The van der Waals surface area contributed by atoms with Crippen LogP contribution in [0.1, 0.15) is 43.8 Å². The first-order valence-electron chi connectivity index (χ1n) is 12.8. The lowest BCUT2D eigenvalue weighted by Gasteiger charge is -2.34. The molecule has 0 bridgehead atoms. The molecule has 10 heteroatoms. The largest absolute Gasteiger partial charge is 0.391 e. The minimum Gasteiger partial charge on any atom is -0.391 e. The van der Waals surface area contributed by atoms with Crippen molar-refractivity contribution in [3.05, 3.63) is 28.2 Å². The predicted molar refractivity (Wildman–Crippen MR) is 132 cm³/mol. The van der Waals surface area contributed by atoms with Crippen LogP contribution in [0.4, 0.5) is 0 Å². The Labute approximate surface area is 214 Å². The number of carbonyl (C=O) groups excluding carboxylic acids is 2. The number of nitrogens with zero attached hydrogens (tertiary/aromatic N) is 4. The molecule has 0 unspecified atom stereocenters. The molecular weight excluding hydrogens is 488 g/mol. The predicted octanol–water partition coefficient (Wildman–Crippen LogP) is 3.17. The maximum absolute atomic E-state index is 13.7. The molecule has 1 N–H and O–H groups in total. The Kier molecular flexibility index (Phi) is 6.25. The molecule has 8 nitrogen and oxygen atoms in total. The zero-order valence-corrected chi connectivity index (χ0v) is 21.3. The number of likely N-dealkylation sites (tertiary alicyclic amines) is 2. The van der Waals surface area contributed by atoms with Crippen LogP contribution in [0.15, 0.2) is 22.7 Å². The van der Waals surface area contributed by atoms with Gasteiger partial charge in [-0.2, -0.15) is 0 Å². The number of aliphatic hydroxyl groups is 1. The van der Waals surface area contributed by atoms with Gasteiger partial charge in [0.15, 0.2) is 5.76 Å². The van der Waals surface area contributed by atoms with Gasteiger partial charge >= 0.3 is 0 Å². The van der Waals surface area contributed by atoms with E-state index in [9.17, 15) is 14.7 Å². The van der Waals surface area contributed by atoms with E-state index < -0.39 is 5.92 Å². The van der Waals surface area contributed by atoms with Crippen LogP contribution in [-0.2, 0) is 9.59 Å². The Hall–Kier alpha value is -1.78. The highest BCUT2D eigenvalue weighted by molar-refractivity contribution is 7.19. The summed E-state index contributed by atoms with van der Waals surface area (Å²) in [6.45, 7) is 5.35. The van der Waals surface area contributed by atoms with Crippen molar-refractivity contribution in [1.29, 1.82) is 0 Å². The van der Waals surface area contributed by atoms with E-state index in [2.05, 4.69) is 10.1 Å². The molecule has 2 amide bonds. The second-order valence-corrected chi connectivity index (χ2v) is 12.2. The number of rotatable bonds is 8. The summed E-state index contributed by atoms with van der Waals surface area (Å²) in [5.41, 5.74) is 0.733. The summed E-state index contributed by atoms with van der Waals surface area (Å²) in [6.07, 6.45) is 5.11. The van der Waals surface area contributed by atoms with E-state index in [1.54, 1.807) is 0 Å². The van der Waals surface area contributed by atoms with Gasteiger partial charge in [0.1, 0.15) is 12.2 Å². The maximum atomic E-state index is 13.7. The highest BCUT2D eigenvalue weighted by Crippen LogP contribution is 2.53. The van der Waals surface area contributed by atoms with Gasteiger partial charge in [0.05, 0.1) is 53.3 Å². The van der Waals surface area contributed by atoms with Crippen molar-refractivity contribution in [3.63, 3.8) is 0 Å². The van der Waals surface area contributed by atoms with Gasteiger partial charge in [0, 0.05) is 37.9 Å². The van der Waals surface area contributed by atoms with Gasteiger partial charge in [0.2, 0.25) is 11.8 Å². The topological polar surface area (TPSA) is 86.9 Å². The highest BCUT2D eigenvalue weighted by Gasteiger charge is 2.63. The molecular formula is C25H32ClN4O4S+. The molecule has 4 aliphatic heterocycles. The number of halogens is 1. The molecule has 4 fully saturated rings. The number of quaternary nitrogens is 1. The SMILES string of the molecule is O=C1[C@@H]2[C@H](C(=O)N1CCC[N+]1(CCO)CCCC1)[C@H]1CCCN1[C@@H]2c1cc(-c2ccc(Cl)s2)on1. The van der Waals surface area contributed by atoms with Gasteiger partial charge in [-0.1, -0.05) is 16.8 Å². The molecule has 6 rings (SSSR count). The number of imide groups is 1. The third kappa shape index (κ3) is 3.96. The third-order valence-electron chi connectivity index (χ3n) is 8.69. The molecule has 4 saturated heterocycles. The summed E-state index contributed by atoms with van der Waals surface area (Å²) in [5.74, 6) is -0.112. The summed E-state index contributed by atoms with van der Waals surface area (Å²) >= 11 is 7.53. The molecule has 0 aromatic carbocycles. The molecule has 2 aromatic heterocycles. The van der Waals surface area contributed by atoms with E-state index in [0.29, 0.717) is 16.6 Å². The van der Waals surface area contributed by atoms with Crippen molar-refractivity contribution >= 4 is 34.8 Å². The quantitative estimate of drug-likeness (QED) is 0.426. The average molecular weight is 520 g/mol. The first kappa shape index (κ1) is 23.6. The van der Waals surface area contributed by atoms with Crippen molar-refractivity contribution in [1.82, 2.24) is 15.0 Å². The van der Waals surface area contributed by atoms with Crippen LogP contribution in [0, 0.1) is 11.8 Å². The molecule has 4 atom stereocenters. The molecule has 0 spiro atoms. The summed E-state index contributed by atoms with van der Waals surface area (Å²) < 4.78 is 7.25. The number of carbonyl (C=O) groups is 2. The number of aromatic nitrogens is 1. The highest BCUT2D eigenvalue weighted by atomic mass is 35.5. The van der Waals surface area contributed by atoms with E-state index >= 15 is 0 Å². The minimum absolute atomic E-state index is 0.0108. The molecule has 2 aromatic rings. The van der Waals surface area contributed by atoms with Crippen LogP contribution < -0.4 is 0 Å².